The summed E-state index contributed by atoms with van der Waals surface area (Å²) in [7, 11) is 0. The van der Waals surface area contributed by atoms with Crippen LogP contribution in [0.5, 0.6) is 11.5 Å². The smallest absolute Gasteiger partial charge is 0.146 e. The Kier molecular flexibility index (Phi) is 5.04. The van der Waals surface area contributed by atoms with E-state index in [1.807, 2.05) is 6.92 Å². The van der Waals surface area contributed by atoms with Crippen LogP contribution in [0.4, 0.5) is 0 Å². The first kappa shape index (κ1) is 16.8. The number of aliphatic hydroxyl groups is 1. The Morgan fingerprint density at radius 2 is 1.88 bits per heavy atom. The SMILES string of the molecule is CC(C(O)c1ccc(Oc2ccc(Cl)cc2Cl)cc1)n1cncn1. The normalized spacial score (nSPS) is 13.5. The monoisotopic (exact) mass is 363 g/mol. The second-order valence-corrected chi connectivity index (χ2v) is 6.15. The van der Waals surface area contributed by atoms with Crippen LogP contribution in [0.1, 0.15) is 24.6 Å². The molecule has 7 heteroatoms. The van der Waals surface area contributed by atoms with Gasteiger partial charge >= 0.3 is 0 Å². The summed E-state index contributed by atoms with van der Waals surface area (Å²) >= 11 is 12.0. The first-order valence-electron chi connectivity index (χ1n) is 7.29. The van der Waals surface area contributed by atoms with Crippen molar-refractivity contribution in [1.82, 2.24) is 14.8 Å². The molecule has 0 radical (unpaired) electrons. The molecule has 0 saturated heterocycles. The topological polar surface area (TPSA) is 60.2 Å². The third-order valence-corrected chi connectivity index (χ3v) is 4.18. The number of ether oxygens (including phenoxy) is 1. The van der Waals surface area contributed by atoms with E-state index < -0.39 is 6.10 Å². The predicted octanol–water partition coefficient (Wildman–Crippen LogP) is 4.67. The summed E-state index contributed by atoms with van der Waals surface area (Å²) in [5.41, 5.74) is 0.757. The zero-order chi connectivity index (χ0) is 17.1. The van der Waals surface area contributed by atoms with E-state index >= 15 is 0 Å². The number of aromatic nitrogens is 3. The molecule has 0 amide bonds. The van der Waals surface area contributed by atoms with Gasteiger partial charge < -0.3 is 9.84 Å². The summed E-state index contributed by atoms with van der Waals surface area (Å²) in [5.74, 6) is 1.13. The maximum absolute atomic E-state index is 10.5. The van der Waals surface area contributed by atoms with Gasteiger partial charge in [-0.1, -0.05) is 35.3 Å². The molecule has 5 nitrogen and oxygen atoms in total. The van der Waals surface area contributed by atoms with Crippen molar-refractivity contribution < 1.29 is 9.84 Å². The van der Waals surface area contributed by atoms with Crippen LogP contribution in [-0.4, -0.2) is 19.9 Å². The molecule has 0 fully saturated rings. The Balaban J connectivity index is 1.73. The maximum Gasteiger partial charge on any atom is 0.146 e. The van der Waals surface area contributed by atoms with E-state index in [0.717, 1.165) is 5.56 Å². The van der Waals surface area contributed by atoms with E-state index in [0.29, 0.717) is 21.5 Å². The average molecular weight is 364 g/mol. The van der Waals surface area contributed by atoms with Crippen molar-refractivity contribution in [2.24, 2.45) is 0 Å². The lowest BCUT2D eigenvalue weighted by atomic mass is 10.0. The first-order chi connectivity index (χ1) is 11.5. The van der Waals surface area contributed by atoms with Crippen molar-refractivity contribution in [2.75, 3.05) is 0 Å². The molecule has 0 aliphatic carbocycles. The number of benzene rings is 2. The average Bonchev–Trinajstić information content (AvgIpc) is 3.11. The number of rotatable bonds is 5. The second kappa shape index (κ2) is 7.21. The van der Waals surface area contributed by atoms with Crippen molar-refractivity contribution in [1.29, 1.82) is 0 Å². The third kappa shape index (κ3) is 3.70. The Bertz CT molecular complexity index is 807. The molecular formula is C17H15Cl2N3O2. The van der Waals surface area contributed by atoms with Gasteiger partial charge in [0.1, 0.15) is 30.3 Å². The molecule has 24 heavy (non-hydrogen) atoms. The molecule has 1 aromatic heterocycles. The summed E-state index contributed by atoms with van der Waals surface area (Å²) < 4.78 is 7.35. The summed E-state index contributed by atoms with van der Waals surface area (Å²) in [5, 5.41) is 15.5. The van der Waals surface area contributed by atoms with Gasteiger partial charge in [0.25, 0.3) is 0 Å². The Morgan fingerprint density at radius 1 is 1.12 bits per heavy atom. The van der Waals surface area contributed by atoms with Crippen LogP contribution >= 0.6 is 23.2 Å². The molecule has 2 unspecified atom stereocenters. The molecule has 1 heterocycles. The number of nitrogens with zero attached hydrogens (tertiary/aromatic N) is 3. The summed E-state index contributed by atoms with van der Waals surface area (Å²) in [4.78, 5) is 3.89. The molecule has 0 saturated carbocycles. The molecule has 0 bridgehead atoms. The van der Waals surface area contributed by atoms with Crippen molar-refractivity contribution in [2.45, 2.75) is 19.1 Å². The van der Waals surface area contributed by atoms with Gasteiger partial charge in [0, 0.05) is 5.02 Å². The van der Waals surface area contributed by atoms with E-state index in [4.69, 9.17) is 27.9 Å². The van der Waals surface area contributed by atoms with Crippen LogP contribution in [0.15, 0.2) is 55.1 Å². The van der Waals surface area contributed by atoms with Gasteiger partial charge in [0.2, 0.25) is 0 Å². The van der Waals surface area contributed by atoms with Gasteiger partial charge in [-0.05, 0) is 42.8 Å². The number of hydrogen-bond donors (Lipinski definition) is 1. The van der Waals surface area contributed by atoms with Gasteiger partial charge in [-0.3, -0.25) is 0 Å². The molecule has 2 aromatic carbocycles. The number of hydrogen-bond acceptors (Lipinski definition) is 4. The highest BCUT2D eigenvalue weighted by molar-refractivity contribution is 6.35. The molecule has 0 spiro atoms. The zero-order valence-corrected chi connectivity index (χ0v) is 14.3. The highest BCUT2D eigenvalue weighted by Gasteiger charge is 2.18. The summed E-state index contributed by atoms with van der Waals surface area (Å²) in [6, 6.07) is 12.0. The van der Waals surface area contributed by atoms with Gasteiger partial charge in [-0.2, -0.15) is 5.10 Å². The lowest BCUT2D eigenvalue weighted by Gasteiger charge is -2.19. The minimum atomic E-state index is -0.708. The predicted molar refractivity (Wildman–Crippen MR) is 92.7 cm³/mol. The van der Waals surface area contributed by atoms with Gasteiger partial charge in [0.15, 0.2) is 0 Å². The quantitative estimate of drug-likeness (QED) is 0.715. The van der Waals surface area contributed by atoms with E-state index in [1.54, 1.807) is 53.5 Å². The van der Waals surface area contributed by atoms with E-state index in [1.165, 1.54) is 6.33 Å². The van der Waals surface area contributed by atoms with E-state index in [2.05, 4.69) is 10.1 Å². The fraction of sp³-hybridized carbons (Fsp3) is 0.176. The molecule has 124 valence electrons. The highest BCUT2D eigenvalue weighted by atomic mass is 35.5. The van der Waals surface area contributed by atoms with Gasteiger partial charge in [-0.15, -0.1) is 0 Å². The lowest BCUT2D eigenvalue weighted by molar-refractivity contribution is 0.115. The van der Waals surface area contributed by atoms with Crippen LogP contribution in [0.2, 0.25) is 10.0 Å². The first-order valence-corrected chi connectivity index (χ1v) is 8.05. The highest BCUT2D eigenvalue weighted by Crippen LogP contribution is 2.33. The van der Waals surface area contributed by atoms with Crippen LogP contribution in [0.3, 0.4) is 0 Å². The van der Waals surface area contributed by atoms with Crippen molar-refractivity contribution >= 4 is 23.2 Å². The van der Waals surface area contributed by atoms with Crippen molar-refractivity contribution in [3.05, 3.63) is 70.7 Å². The van der Waals surface area contributed by atoms with E-state index in [9.17, 15) is 5.11 Å². The lowest BCUT2D eigenvalue weighted by Crippen LogP contribution is -2.15. The van der Waals surface area contributed by atoms with E-state index in [-0.39, 0.29) is 6.04 Å². The fourth-order valence-electron chi connectivity index (χ4n) is 2.27. The molecular weight excluding hydrogens is 349 g/mol. The summed E-state index contributed by atoms with van der Waals surface area (Å²) in [6.07, 6.45) is 2.31. The van der Waals surface area contributed by atoms with Crippen molar-refractivity contribution in [3.63, 3.8) is 0 Å². The van der Waals surface area contributed by atoms with Crippen LogP contribution in [-0.2, 0) is 0 Å². The zero-order valence-electron chi connectivity index (χ0n) is 12.8. The summed E-state index contributed by atoms with van der Waals surface area (Å²) in [6.45, 7) is 1.87. The number of halogens is 2. The fourth-order valence-corrected chi connectivity index (χ4v) is 2.72. The minimum absolute atomic E-state index is 0.232. The Labute approximate surface area is 149 Å². The van der Waals surface area contributed by atoms with Gasteiger partial charge in [0.05, 0.1) is 11.1 Å². The van der Waals surface area contributed by atoms with Crippen LogP contribution in [0, 0.1) is 0 Å². The molecule has 2 atom stereocenters. The van der Waals surface area contributed by atoms with Gasteiger partial charge in [-0.25, -0.2) is 9.67 Å². The van der Waals surface area contributed by atoms with Crippen LogP contribution < -0.4 is 4.74 Å². The molecule has 0 aliphatic rings. The Morgan fingerprint density at radius 3 is 2.50 bits per heavy atom. The Hall–Kier alpha value is -2.08. The number of aliphatic hydroxyl groups excluding tert-OH is 1. The molecule has 3 rings (SSSR count). The molecule has 0 aliphatic heterocycles. The molecule has 3 aromatic rings. The van der Waals surface area contributed by atoms with Crippen LogP contribution in [0.25, 0.3) is 0 Å². The third-order valence-electron chi connectivity index (χ3n) is 3.65. The maximum atomic E-state index is 10.5. The largest absolute Gasteiger partial charge is 0.456 e. The standard InChI is InChI=1S/C17H15Cl2N3O2/c1-11(22-10-20-9-21-22)17(23)12-2-5-14(6-3-12)24-16-7-4-13(18)8-15(16)19/h2-11,17,23H,1H3. The molecule has 1 N–H and O–H groups in total. The minimum Gasteiger partial charge on any atom is -0.456 e. The second-order valence-electron chi connectivity index (χ2n) is 5.31. The van der Waals surface area contributed by atoms with Crippen molar-refractivity contribution in [3.8, 4) is 11.5 Å².